The minimum atomic E-state index is 0.166. The normalized spacial score (nSPS) is 22.7. The second kappa shape index (κ2) is 6.48. The first-order valence-corrected chi connectivity index (χ1v) is 7.95. The van der Waals surface area contributed by atoms with Gasteiger partial charge < -0.3 is 14.5 Å². The highest BCUT2D eigenvalue weighted by Crippen LogP contribution is 2.23. The number of ether oxygens (including phenoxy) is 1. The number of hydrogen-bond acceptors (Lipinski definition) is 3. The van der Waals surface area contributed by atoms with Crippen molar-refractivity contribution in [2.75, 3.05) is 33.3 Å². The van der Waals surface area contributed by atoms with E-state index in [0.717, 1.165) is 37.2 Å². The summed E-state index contributed by atoms with van der Waals surface area (Å²) in [4.78, 5) is 17.3. The lowest BCUT2D eigenvalue weighted by atomic mass is 10.1. The van der Waals surface area contributed by atoms with Gasteiger partial charge in [-0.2, -0.15) is 0 Å². The average molecular weight is 288 g/mol. The summed E-state index contributed by atoms with van der Waals surface area (Å²) < 4.78 is 5.15. The zero-order chi connectivity index (χ0) is 14.7. The molecule has 1 atom stereocenters. The predicted molar refractivity (Wildman–Crippen MR) is 82.7 cm³/mol. The number of methoxy groups -OCH3 is 1. The Labute approximate surface area is 126 Å². The molecule has 2 aliphatic rings. The molecule has 2 saturated heterocycles. The molecule has 21 heavy (non-hydrogen) atoms. The Morgan fingerprint density at radius 2 is 1.86 bits per heavy atom. The maximum atomic E-state index is 12.7. The van der Waals surface area contributed by atoms with Crippen molar-refractivity contribution in [1.29, 1.82) is 0 Å². The smallest absolute Gasteiger partial charge is 0.254 e. The highest BCUT2D eigenvalue weighted by Gasteiger charge is 2.31. The van der Waals surface area contributed by atoms with E-state index in [0.29, 0.717) is 6.04 Å². The third-order valence-corrected chi connectivity index (χ3v) is 4.64. The molecule has 2 fully saturated rings. The van der Waals surface area contributed by atoms with Crippen molar-refractivity contribution < 1.29 is 9.53 Å². The van der Waals surface area contributed by atoms with Gasteiger partial charge in [-0.05, 0) is 63.0 Å². The lowest BCUT2D eigenvalue weighted by Crippen LogP contribution is -2.42. The van der Waals surface area contributed by atoms with Crippen LogP contribution in [-0.4, -0.2) is 55.0 Å². The van der Waals surface area contributed by atoms with Gasteiger partial charge in [0.05, 0.1) is 7.11 Å². The van der Waals surface area contributed by atoms with Crippen molar-refractivity contribution in [3.63, 3.8) is 0 Å². The van der Waals surface area contributed by atoms with Crippen molar-refractivity contribution in [1.82, 2.24) is 9.80 Å². The number of carbonyl (C=O) groups is 1. The van der Waals surface area contributed by atoms with Crippen LogP contribution in [0.5, 0.6) is 5.75 Å². The van der Waals surface area contributed by atoms with Crippen LogP contribution >= 0.6 is 0 Å². The zero-order valence-corrected chi connectivity index (χ0v) is 12.8. The van der Waals surface area contributed by atoms with Crippen LogP contribution in [0.25, 0.3) is 0 Å². The van der Waals surface area contributed by atoms with E-state index >= 15 is 0 Å². The first-order chi connectivity index (χ1) is 10.3. The minimum absolute atomic E-state index is 0.166. The zero-order valence-electron chi connectivity index (χ0n) is 12.8. The summed E-state index contributed by atoms with van der Waals surface area (Å²) in [6, 6.07) is 7.84. The first-order valence-electron chi connectivity index (χ1n) is 7.95. The largest absolute Gasteiger partial charge is 0.497 e. The molecule has 1 aromatic rings. The van der Waals surface area contributed by atoms with E-state index in [1.165, 1.54) is 25.9 Å². The van der Waals surface area contributed by atoms with Crippen molar-refractivity contribution >= 4 is 5.91 Å². The average Bonchev–Trinajstić information content (AvgIpc) is 3.19. The Morgan fingerprint density at radius 3 is 2.52 bits per heavy atom. The van der Waals surface area contributed by atoms with Crippen molar-refractivity contribution in [2.45, 2.75) is 31.7 Å². The van der Waals surface area contributed by atoms with Crippen LogP contribution in [0.4, 0.5) is 0 Å². The summed E-state index contributed by atoms with van der Waals surface area (Å²) in [5, 5.41) is 0. The Balaban J connectivity index is 1.66. The molecular weight excluding hydrogens is 264 g/mol. The van der Waals surface area contributed by atoms with Gasteiger partial charge in [-0.3, -0.25) is 4.79 Å². The Kier molecular flexibility index (Phi) is 4.44. The van der Waals surface area contributed by atoms with E-state index in [1.807, 2.05) is 24.3 Å². The summed E-state index contributed by atoms with van der Waals surface area (Å²) in [5.74, 6) is 0.959. The molecule has 114 valence electrons. The van der Waals surface area contributed by atoms with Crippen molar-refractivity contribution in [3.05, 3.63) is 29.8 Å². The number of carbonyl (C=O) groups excluding carboxylic acids is 1. The van der Waals surface area contributed by atoms with E-state index < -0.39 is 0 Å². The van der Waals surface area contributed by atoms with Gasteiger partial charge in [-0.1, -0.05) is 0 Å². The number of benzene rings is 1. The summed E-state index contributed by atoms with van der Waals surface area (Å²) in [7, 11) is 1.64. The molecule has 2 aliphatic heterocycles. The number of hydrogen-bond donors (Lipinski definition) is 0. The highest BCUT2D eigenvalue weighted by molar-refractivity contribution is 5.94. The third kappa shape index (κ3) is 3.21. The summed E-state index contributed by atoms with van der Waals surface area (Å²) >= 11 is 0. The molecule has 4 nitrogen and oxygen atoms in total. The van der Waals surface area contributed by atoms with E-state index in [-0.39, 0.29) is 5.91 Å². The molecule has 0 bridgehead atoms. The Hall–Kier alpha value is -1.55. The molecular formula is C17H24N2O2. The SMILES string of the molecule is COc1ccc(C(=O)N2CCCC2CN2CCCC2)cc1. The molecule has 0 N–H and O–H groups in total. The molecule has 0 radical (unpaired) electrons. The third-order valence-electron chi connectivity index (χ3n) is 4.64. The Bertz CT molecular complexity index is 480. The Morgan fingerprint density at radius 1 is 1.14 bits per heavy atom. The fourth-order valence-corrected chi connectivity index (χ4v) is 3.46. The van der Waals surface area contributed by atoms with Gasteiger partial charge in [-0.15, -0.1) is 0 Å². The molecule has 1 unspecified atom stereocenters. The number of likely N-dealkylation sites (tertiary alicyclic amines) is 2. The lowest BCUT2D eigenvalue weighted by molar-refractivity contribution is 0.0709. The van der Waals surface area contributed by atoms with Crippen molar-refractivity contribution in [2.24, 2.45) is 0 Å². The second-order valence-electron chi connectivity index (χ2n) is 6.03. The van der Waals surface area contributed by atoms with Crippen LogP contribution in [0.3, 0.4) is 0 Å². The molecule has 1 aromatic carbocycles. The standard InChI is InChI=1S/C17H24N2O2/c1-21-16-8-6-14(7-9-16)17(20)19-12-4-5-15(19)13-18-10-2-3-11-18/h6-9,15H,2-5,10-13H2,1H3. The van der Waals surface area contributed by atoms with Crippen LogP contribution in [0, 0.1) is 0 Å². The monoisotopic (exact) mass is 288 g/mol. The molecule has 0 spiro atoms. The number of rotatable bonds is 4. The fraction of sp³-hybridized carbons (Fsp3) is 0.588. The first kappa shape index (κ1) is 14.4. The van der Waals surface area contributed by atoms with Crippen LogP contribution in [-0.2, 0) is 0 Å². The van der Waals surface area contributed by atoms with Gasteiger partial charge >= 0.3 is 0 Å². The molecule has 0 saturated carbocycles. The summed E-state index contributed by atoms with van der Waals surface area (Å²) in [5.41, 5.74) is 0.768. The maximum absolute atomic E-state index is 12.7. The molecule has 3 rings (SSSR count). The maximum Gasteiger partial charge on any atom is 0.254 e. The molecule has 2 heterocycles. The van der Waals surface area contributed by atoms with E-state index in [1.54, 1.807) is 7.11 Å². The number of amides is 1. The quantitative estimate of drug-likeness (QED) is 0.853. The van der Waals surface area contributed by atoms with Gasteiger partial charge in [0.25, 0.3) is 5.91 Å². The van der Waals surface area contributed by atoms with E-state index in [2.05, 4.69) is 9.80 Å². The van der Waals surface area contributed by atoms with Crippen LogP contribution in [0.15, 0.2) is 24.3 Å². The van der Waals surface area contributed by atoms with Gasteiger partial charge in [-0.25, -0.2) is 0 Å². The summed E-state index contributed by atoms with van der Waals surface area (Å²) in [6.45, 7) is 4.33. The molecule has 0 aromatic heterocycles. The van der Waals surface area contributed by atoms with Crippen LogP contribution in [0.2, 0.25) is 0 Å². The predicted octanol–water partition coefficient (Wildman–Crippen LogP) is 2.40. The molecule has 1 amide bonds. The van der Waals surface area contributed by atoms with Crippen molar-refractivity contribution in [3.8, 4) is 5.75 Å². The summed E-state index contributed by atoms with van der Waals surface area (Å²) in [6.07, 6.45) is 4.87. The fourth-order valence-electron chi connectivity index (χ4n) is 3.46. The van der Waals surface area contributed by atoms with Gasteiger partial charge in [0.15, 0.2) is 0 Å². The number of nitrogens with zero attached hydrogens (tertiary/aromatic N) is 2. The van der Waals surface area contributed by atoms with Crippen LogP contribution in [0.1, 0.15) is 36.0 Å². The van der Waals surface area contributed by atoms with Gasteiger partial charge in [0.1, 0.15) is 5.75 Å². The van der Waals surface area contributed by atoms with E-state index in [4.69, 9.17) is 4.74 Å². The van der Waals surface area contributed by atoms with Gasteiger partial charge in [0.2, 0.25) is 0 Å². The second-order valence-corrected chi connectivity index (χ2v) is 6.03. The topological polar surface area (TPSA) is 32.8 Å². The highest BCUT2D eigenvalue weighted by atomic mass is 16.5. The van der Waals surface area contributed by atoms with E-state index in [9.17, 15) is 4.79 Å². The molecule has 0 aliphatic carbocycles. The molecule has 4 heteroatoms. The van der Waals surface area contributed by atoms with Gasteiger partial charge in [0, 0.05) is 24.7 Å². The minimum Gasteiger partial charge on any atom is -0.497 e. The van der Waals surface area contributed by atoms with Crippen LogP contribution < -0.4 is 4.74 Å². The lowest BCUT2D eigenvalue weighted by Gasteiger charge is -2.28.